The first kappa shape index (κ1) is 23.9. The van der Waals surface area contributed by atoms with Gasteiger partial charge in [-0.25, -0.2) is 0 Å². The van der Waals surface area contributed by atoms with Crippen LogP contribution < -0.4 is 10.6 Å². The lowest BCUT2D eigenvalue weighted by Crippen LogP contribution is -2.36. The van der Waals surface area contributed by atoms with E-state index in [1.165, 1.54) is 11.1 Å². The largest absolute Gasteiger partial charge is 0.359 e. The Morgan fingerprint density at radius 1 is 1.10 bits per heavy atom. The smallest absolute Gasteiger partial charge is 0.191 e. The van der Waals surface area contributed by atoms with Crippen molar-refractivity contribution in [3.8, 4) is 0 Å². The molecule has 0 unspecified atom stereocenters. The van der Waals surface area contributed by atoms with E-state index in [0.717, 1.165) is 36.8 Å². The van der Waals surface area contributed by atoms with Gasteiger partial charge in [-0.15, -0.1) is 24.0 Å². The van der Waals surface area contributed by atoms with Crippen molar-refractivity contribution in [1.82, 2.24) is 25.6 Å². The minimum Gasteiger partial charge on any atom is -0.359 e. The number of nitrogens with one attached hydrogen (secondary N) is 2. The maximum atomic E-state index is 5.48. The van der Waals surface area contributed by atoms with Crippen molar-refractivity contribution in [1.29, 1.82) is 0 Å². The van der Waals surface area contributed by atoms with Crippen molar-refractivity contribution < 1.29 is 4.52 Å². The summed E-state index contributed by atoms with van der Waals surface area (Å²) < 4.78 is 7.40. The zero-order chi connectivity index (χ0) is 20.5. The molecule has 30 heavy (non-hydrogen) atoms. The van der Waals surface area contributed by atoms with E-state index in [-0.39, 0.29) is 24.0 Å². The molecule has 7 nitrogen and oxygen atoms in total. The number of hydrogen-bond acceptors (Lipinski definition) is 4. The molecule has 0 aliphatic rings. The quantitative estimate of drug-likeness (QED) is 0.249. The fourth-order valence-electron chi connectivity index (χ4n) is 3.33. The molecule has 3 aromatic rings. The van der Waals surface area contributed by atoms with E-state index in [4.69, 9.17) is 4.52 Å². The van der Waals surface area contributed by atoms with Crippen LogP contribution in [0.1, 0.15) is 55.2 Å². The Hall–Kier alpha value is -2.36. The van der Waals surface area contributed by atoms with Crippen LogP contribution in [0.5, 0.6) is 0 Å². The van der Waals surface area contributed by atoms with Crippen LogP contribution in [-0.4, -0.2) is 27.9 Å². The van der Waals surface area contributed by atoms with Crippen molar-refractivity contribution in [2.45, 2.75) is 52.2 Å². The predicted molar refractivity (Wildman–Crippen MR) is 130 cm³/mol. The van der Waals surface area contributed by atoms with Crippen LogP contribution in [0.3, 0.4) is 0 Å². The summed E-state index contributed by atoms with van der Waals surface area (Å²) in [5.41, 5.74) is 3.47. The second-order valence-electron chi connectivity index (χ2n) is 6.98. The van der Waals surface area contributed by atoms with Gasteiger partial charge in [0.15, 0.2) is 11.7 Å². The second kappa shape index (κ2) is 12.4. The van der Waals surface area contributed by atoms with Crippen molar-refractivity contribution in [3.05, 3.63) is 71.4 Å². The van der Waals surface area contributed by atoms with E-state index >= 15 is 0 Å². The molecule has 0 fully saturated rings. The third-order valence-electron chi connectivity index (χ3n) is 5.09. The summed E-state index contributed by atoms with van der Waals surface area (Å²) in [7, 11) is 1.76. The molecule has 0 aliphatic carbocycles. The topological polar surface area (TPSA) is 80.3 Å². The third kappa shape index (κ3) is 6.58. The maximum absolute atomic E-state index is 5.48. The van der Waals surface area contributed by atoms with Gasteiger partial charge in [0, 0.05) is 38.0 Å². The number of aliphatic imine (C=N–C) groups is 1. The van der Waals surface area contributed by atoms with Gasteiger partial charge in [0.05, 0.1) is 18.8 Å². The molecule has 0 spiro atoms. The van der Waals surface area contributed by atoms with E-state index in [1.54, 1.807) is 13.2 Å². The molecule has 2 aromatic heterocycles. The summed E-state index contributed by atoms with van der Waals surface area (Å²) in [6.07, 6.45) is 5.90. The fraction of sp³-hybridized carbons (Fsp3) is 0.409. The number of nitrogens with zero attached hydrogens (tertiary/aromatic N) is 4. The van der Waals surface area contributed by atoms with Crippen molar-refractivity contribution in [2.75, 3.05) is 7.05 Å². The van der Waals surface area contributed by atoms with E-state index in [0.29, 0.717) is 19.0 Å². The number of benzene rings is 1. The molecular formula is C22H31IN6O. The first-order chi connectivity index (χ1) is 14.2. The molecule has 0 saturated carbocycles. The molecule has 8 heteroatoms. The molecule has 3 rings (SSSR count). The first-order valence-electron chi connectivity index (χ1n) is 10.2. The third-order valence-corrected chi connectivity index (χ3v) is 5.09. The van der Waals surface area contributed by atoms with E-state index in [9.17, 15) is 0 Å². The van der Waals surface area contributed by atoms with Gasteiger partial charge >= 0.3 is 0 Å². The number of guanidine groups is 1. The second-order valence-corrected chi connectivity index (χ2v) is 6.98. The van der Waals surface area contributed by atoms with Crippen LogP contribution >= 0.6 is 24.0 Å². The zero-order valence-corrected chi connectivity index (χ0v) is 20.2. The molecule has 0 aliphatic heterocycles. The first-order valence-corrected chi connectivity index (χ1v) is 10.2. The summed E-state index contributed by atoms with van der Waals surface area (Å²) in [5, 5.41) is 15.2. The molecule has 2 heterocycles. The highest BCUT2D eigenvalue weighted by atomic mass is 127. The molecule has 0 saturated heterocycles. The SMILES string of the molecule is CCC(CC)c1cc(CNC(=NC)NCc2ccccc2Cn2cccn2)on1.I. The van der Waals surface area contributed by atoms with Gasteiger partial charge in [-0.2, -0.15) is 5.10 Å². The summed E-state index contributed by atoms with van der Waals surface area (Å²) >= 11 is 0. The lowest BCUT2D eigenvalue weighted by Gasteiger charge is -2.14. The number of halogens is 1. The normalized spacial score (nSPS) is 11.4. The van der Waals surface area contributed by atoms with E-state index < -0.39 is 0 Å². The maximum Gasteiger partial charge on any atom is 0.191 e. The summed E-state index contributed by atoms with van der Waals surface area (Å²) in [4.78, 5) is 4.31. The Balaban J connectivity index is 0.00000320. The highest BCUT2D eigenvalue weighted by Crippen LogP contribution is 2.22. The Kier molecular flexibility index (Phi) is 9.85. The molecule has 0 atom stereocenters. The van der Waals surface area contributed by atoms with Gasteiger partial charge in [-0.05, 0) is 30.0 Å². The molecule has 162 valence electrons. The van der Waals surface area contributed by atoms with Crippen LogP contribution in [0.2, 0.25) is 0 Å². The van der Waals surface area contributed by atoms with Crippen molar-refractivity contribution in [3.63, 3.8) is 0 Å². The minimum atomic E-state index is 0. The molecule has 2 N–H and O–H groups in total. The summed E-state index contributed by atoms with van der Waals surface area (Å²) in [6.45, 7) is 6.31. The molecule has 0 bridgehead atoms. The Bertz CT molecular complexity index is 902. The van der Waals surface area contributed by atoms with Crippen LogP contribution in [0.15, 0.2) is 58.3 Å². The monoisotopic (exact) mass is 522 g/mol. The number of rotatable bonds is 9. The highest BCUT2D eigenvalue weighted by Gasteiger charge is 2.13. The number of aromatic nitrogens is 3. The van der Waals surface area contributed by atoms with E-state index in [2.05, 4.69) is 57.9 Å². The molecule has 0 radical (unpaired) electrons. The van der Waals surface area contributed by atoms with Gasteiger partial charge in [0.25, 0.3) is 0 Å². The standard InChI is InChI=1S/C22H30N6O.HI/c1-4-17(5-2)21-13-20(29-27-21)15-25-22(23-3)24-14-18-9-6-7-10-19(18)16-28-12-8-11-26-28;/h6-13,17H,4-5,14-16H2,1-3H3,(H2,23,24,25);1H. The van der Waals surface area contributed by atoms with Crippen LogP contribution in [0, 0.1) is 0 Å². The number of hydrogen-bond donors (Lipinski definition) is 2. The average Bonchev–Trinajstić information content (AvgIpc) is 3.43. The van der Waals surface area contributed by atoms with Crippen molar-refractivity contribution >= 4 is 29.9 Å². The van der Waals surface area contributed by atoms with Crippen LogP contribution in [0.4, 0.5) is 0 Å². The molecule has 0 amide bonds. The van der Waals surface area contributed by atoms with Gasteiger partial charge in [0.2, 0.25) is 0 Å². The Morgan fingerprint density at radius 3 is 2.50 bits per heavy atom. The summed E-state index contributed by atoms with van der Waals surface area (Å²) in [6, 6.07) is 12.3. The van der Waals surface area contributed by atoms with Gasteiger partial charge in [-0.1, -0.05) is 43.3 Å². The van der Waals surface area contributed by atoms with Crippen LogP contribution in [0.25, 0.3) is 0 Å². The van der Waals surface area contributed by atoms with Gasteiger partial charge < -0.3 is 15.2 Å². The Labute approximate surface area is 195 Å². The van der Waals surface area contributed by atoms with Crippen molar-refractivity contribution in [2.24, 2.45) is 4.99 Å². The minimum absolute atomic E-state index is 0. The predicted octanol–water partition coefficient (Wildman–Crippen LogP) is 4.31. The van der Waals surface area contributed by atoms with Gasteiger partial charge in [-0.3, -0.25) is 9.67 Å². The highest BCUT2D eigenvalue weighted by molar-refractivity contribution is 14.0. The fourth-order valence-corrected chi connectivity index (χ4v) is 3.33. The Morgan fingerprint density at radius 2 is 1.83 bits per heavy atom. The summed E-state index contributed by atoms with van der Waals surface area (Å²) in [5.74, 6) is 1.99. The lowest BCUT2D eigenvalue weighted by atomic mass is 9.99. The lowest BCUT2D eigenvalue weighted by molar-refractivity contribution is 0.368. The van der Waals surface area contributed by atoms with Gasteiger partial charge in [0.1, 0.15) is 0 Å². The molecular weight excluding hydrogens is 491 g/mol. The molecule has 1 aromatic carbocycles. The van der Waals surface area contributed by atoms with Crippen LogP contribution in [-0.2, 0) is 19.6 Å². The van der Waals surface area contributed by atoms with E-state index in [1.807, 2.05) is 29.1 Å². The average molecular weight is 522 g/mol. The zero-order valence-electron chi connectivity index (χ0n) is 17.8.